The van der Waals surface area contributed by atoms with Crippen molar-refractivity contribution in [2.75, 3.05) is 5.32 Å². The molecule has 0 heterocycles. The fourth-order valence-electron chi connectivity index (χ4n) is 2.39. The van der Waals surface area contributed by atoms with Crippen LogP contribution in [-0.4, -0.2) is 21.5 Å². The molecule has 26 heavy (non-hydrogen) atoms. The lowest BCUT2D eigenvalue weighted by Gasteiger charge is -2.29. The number of halogens is 3. The highest BCUT2D eigenvalue weighted by Gasteiger charge is 2.40. The van der Waals surface area contributed by atoms with Crippen LogP contribution in [0.2, 0.25) is 0 Å². The van der Waals surface area contributed by atoms with Gasteiger partial charge in [0.1, 0.15) is 5.56 Å². The lowest BCUT2D eigenvalue weighted by Crippen LogP contribution is -2.44. The number of nitrogens with zero attached hydrogens (tertiary/aromatic N) is 1. The molecule has 0 aromatic heterocycles. The maximum Gasteiger partial charge on any atom is 0.423 e. The lowest BCUT2D eigenvalue weighted by atomic mass is 9.81. The van der Waals surface area contributed by atoms with Crippen LogP contribution in [0.3, 0.4) is 0 Å². The maximum absolute atomic E-state index is 13.0. The Balaban J connectivity index is 3.26. The Morgan fingerprint density at radius 2 is 1.88 bits per heavy atom. The van der Waals surface area contributed by atoms with Crippen LogP contribution in [-0.2, 0) is 11.0 Å². The fourth-order valence-corrected chi connectivity index (χ4v) is 2.39. The monoisotopic (exact) mass is 372 g/mol. The average Bonchev–Trinajstić information content (AvgIpc) is 2.44. The second kappa shape index (κ2) is 7.33. The molecule has 0 fully saturated rings. The van der Waals surface area contributed by atoms with Crippen LogP contribution >= 0.6 is 0 Å². The Hall–Kier alpha value is -2.60. The summed E-state index contributed by atoms with van der Waals surface area (Å²) in [6, 6.07) is 2.06. The molecule has 1 aromatic carbocycles. The number of benzene rings is 1. The molecule has 0 aliphatic rings. The van der Waals surface area contributed by atoms with Gasteiger partial charge in [0.15, 0.2) is 0 Å². The van der Waals surface area contributed by atoms with E-state index >= 15 is 0 Å². The summed E-state index contributed by atoms with van der Waals surface area (Å²) >= 11 is 0. The van der Waals surface area contributed by atoms with Gasteiger partial charge in [-0.2, -0.15) is 13.2 Å². The molecule has 1 amide bonds. The highest BCUT2D eigenvalue weighted by atomic mass is 19.4. The number of carbonyl (C=O) groups excluding carboxylic acids is 1. The SMILES string of the molecule is CC#CC(O)(CC(C)(C)C)C(=O)Nc1ccc([N+](=O)[O-])c(C(F)(F)F)c1. The molecule has 6 nitrogen and oxygen atoms in total. The van der Waals surface area contributed by atoms with E-state index in [4.69, 9.17) is 0 Å². The molecule has 0 bridgehead atoms. The van der Waals surface area contributed by atoms with Gasteiger partial charge in [-0.1, -0.05) is 26.7 Å². The number of amides is 1. The van der Waals surface area contributed by atoms with Crippen molar-refractivity contribution in [3.05, 3.63) is 33.9 Å². The molecular formula is C17H19F3N2O4. The van der Waals surface area contributed by atoms with E-state index in [9.17, 15) is 33.2 Å². The van der Waals surface area contributed by atoms with E-state index in [2.05, 4.69) is 17.2 Å². The predicted octanol–water partition coefficient (Wildman–Crippen LogP) is 3.74. The van der Waals surface area contributed by atoms with Crippen molar-refractivity contribution in [3.8, 4) is 11.8 Å². The highest BCUT2D eigenvalue weighted by Crippen LogP contribution is 2.38. The third-order valence-corrected chi connectivity index (χ3v) is 3.25. The quantitative estimate of drug-likeness (QED) is 0.478. The fraction of sp³-hybridized carbons (Fsp3) is 0.471. The highest BCUT2D eigenvalue weighted by molar-refractivity contribution is 5.99. The molecule has 9 heteroatoms. The summed E-state index contributed by atoms with van der Waals surface area (Å²) in [6.45, 7) is 6.69. The zero-order valence-corrected chi connectivity index (χ0v) is 14.7. The van der Waals surface area contributed by atoms with Gasteiger partial charge in [0.25, 0.3) is 11.6 Å². The molecule has 0 radical (unpaired) electrons. The van der Waals surface area contributed by atoms with Crippen molar-refractivity contribution in [2.24, 2.45) is 5.41 Å². The number of nitro benzene ring substituents is 1. The Labute approximate surface area is 148 Å². The Morgan fingerprint density at radius 3 is 2.31 bits per heavy atom. The maximum atomic E-state index is 13.0. The topological polar surface area (TPSA) is 92.5 Å². The van der Waals surface area contributed by atoms with E-state index in [1.54, 1.807) is 20.8 Å². The molecule has 0 saturated carbocycles. The molecular weight excluding hydrogens is 353 g/mol. The first-order valence-electron chi connectivity index (χ1n) is 7.53. The summed E-state index contributed by atoms with van der Waals surface area (Å²) in [5.74, 6) is 3.79. The van der Waals surface area contributed by atoms with Crippen molar-refractivity contribution in [3.63, 3.8) is 0 Å². The number of rotatable bonds is 4. The van der Waals surface area contributed by atoms with E-state index in [1.165, 1.54) is 6.92 Å². The summed E-state index contributed by atoms with van der Waals surface area (Å²) < 4.78 is 39.0. The third-order valence-electron chi connectivity index (χ3n) is 3.25. The number of anilines is 1. The molecule has 142 valence electrons. The molecule has 1 atom stereocenters. The van der Waals surface area contributed by atoms with E-state index in [1.807, 2.05) is 0 Å². The van der Waals surface area contributed by atoms with Crippen LogP contribution in [0.4, 0.5) is 24.5 Å². The largest absolute Gasteiger partial charge is 0.423 e. The van der Waals surface area contributed by atoms with Gasteiger partial charge in [0.05, 0.1) is 4.92 Å². The van der Waals surface area contributed by atoms with Crippen LogP contribution in [0.15, 0.2) is 18.2 Å². The first-order valence-corrected chi connectivity index (χ1v) is 7.53. The first kappa shape index (κ1) is 21.4. The van der Waals surface area contributed by atoms with Crippen molar-refractivity contribution in [1.29, 1.82) is 0 Å². The van der Waals surface area contributed by atoms with Crippen molar-refractivity contribution < 1.29 is 28.0 Å². The van der Waals surface area contributed by atoms with Crippen LogP contribution in [0, 0.1) is 27.4 Å². The molecule has 0 spiro atoms. The molecule has 1 unspecified atom stereocenters. The van der Waals surface area contributed by atoms with Crippen LogP contribution in [0.1, 0.15) is 39.7 Å². The second-order valence-electron chi connectivity index (χ2n) is 6.91. The molecule has 0 aliphatic heterocycles. The third kappa shape index (κ3) is 5.46. The summed E-state index contributed by atoms with van der Waals surface area (Å²) in [7, 11) is 0. The molecule has 0 saturated heterocycles. The number of carbonyl (C=O) groups is 1. The molecule has 1 aromatic rings. The first-order chi connectivity index (χ1) is 11.7. The number of hydrogen-bond donors (Lipinski definition) is 2. The van der Waals surface area contributed by atoms with E-state index < -0.39 is 39.3 Å². The zero-order valence-electron chi connectivity index (χ0n) is 14.7. The Morgan fingerprint density at radius 1 is 1.31 bits per heavy atom. The molecule has 0 aliphatic carbocycles. The van der Waals surface area contributed by atoms with Gasteiger partial charge in [0, 0.05) is 18.2 Å². The normalized spacial score (nSPS) is 14.0. The van der Waals surface area contributed by atoms with Gasteiger partial charge < -0.3 is 10.4 Å². The van der Waals surface area contributed by atoms with Gasteiger partial charge in [-0.05, 0) is 24.5 Å². The van der Waals surface area contributed by atoms with Crippen molar-refractivity contribution in [1.82, 2.24) is 0 Å². The summed E-state index contributed by atoms with van der Waals surface area (Å²) in [5.41, 5.74) is -5.58. The number of hydrogen-bond acceptors (Lipinski definition) is 4. The standard InChI is InChI=1S/C17H19F3N2O4/c1-5-8-16(24,10-15(2,3)4)14(23)21-11-6-7-13(22(25)26)12(9-11)17(18,19)20/h6-7,9,24H,10H2,1-4H3,(H,21,23). The number of nitro groups is 1. The van der Waals surface area contributed by atoms with Crippen molar-refractivity contribution >= 4 is 17.3 Å². The van der Waals surface area contributed by atoms with Gasteiger partial charge in [-0.15, -0.1) is 5.92 Å². The Bertz CT molecular complexity index is 773. The minimum absolute atomic E-state index is 0.0637. The average molecular weight is 372 g/mol. The van der Waals surface area contributed by atoms with Gasteiger partial charge in [-0.25, -0.2) is 0 Å². The minimum atomic E-state index is -4.98. The van der Waals surface area contributed by atoms with E-state index in [-0.39, 0.29) is 12.1 Å². The molecule has 1 rings (SSSR count). The number of alkyl halides is 3. The van der Waals surface area contributed by atoms with Gasteiger partial charge >= 0.3 is 6.18 Å². The Kier molecular flexibility index (Phi) is 6.05. The van der Waals surface area contributed by atoms with E-state index in [0.717, 1.165) is 6.07 Å². The minimum Gasteiger partial charge on any atom is -0.369 e. The van der Waals surface area contributed by atoms with Crippen molar-refractivity contribution in [2.45, 2.75) is 45.9 Å². The summed E-state index contributed by atoms with van der Waals surface area (Å²) in [5, 5.41) is 23.5. The smallest absolute Gasteiger partial charge is 0.369 e. The summed E-state index contributed by atoms with van der Waals surface area (Å²) in [4.78, 5) is 22.0. The predicted molar refractivity (Wildman–Crippen MR) is 89.2 cm³/mol. The second-order valence-corrected chi connectivity index (χ2v) is 6.91. The van der Waals surface area contributed by atoms with Crippen LogP contribution in [0.25, 0.3) is 0 Å². The summed E-state index contributed by atoms with van der Waals surface area (Å²) in [6.07, 6.45) is -5.04. The van der Waals surface area contributed by atoms with E-state index in [0.29, 0.717) is 12.1 Å². The zero-order chi connectivity index (χ0) is 20.3. The number of nitrogens with one attached hydrogen (secondary N) is 1. The van der Waals surface area contributed by atoms with Gasteiger partial charge in [0.2, 0.25) is 5.60 Å². The van der Waals surface area contributed by atoms with Crippen LogP contribution in [0.5, 0.6) is 0 Å². The van der Waals surface area contributed by atoms with Gasteiger partial charge in [-0.3, -0.25) is 14.9 Å². The molecule has 2 N–H and O–H groups in total. The lowest BCUT2D eigenvalue weighted by molar-refractivity contribution is -0.388. The van der Waals surface area contributed by atoms with Crippen LogP contribution < -0.4 is 5.32 Å². The number of aliphatic hydroxyl groups is 1.